The maximum Gasteiger partial charge on any atom is 0.341 e. The van der Waals surface area contributed by atoms with E-state index in [0.29, 0.717) is 11.3 Å². The zero-order valence-corrected chi connectivity index (χ0v) is 12.8. The summed E-state index contributed by atoms with van der Waals surface area (Å²) in [7, 11) is 1.52. The SMILES string of the molecule is COc1ccc(Br)cc1COC(=O)c1ccc(N)cc1F. The van der Waals surface area contributed by atoms with Crippen LogP contribution in [0.15, 0.2) is 40.9 Å². The summed E-state index contributed by atoms with van der Waals surface area (Å²) in [6, 6.07) is 9.15. The van der Waals surface area contributed by atoms with Gasteiger partial charge in [-0.3, -0.25) is 0 Å². The number of ether oxygens (including phenoxy) is 2. The number of anilines is 1. The van der Waals surface area contributed by atoms with Gasteiger partial charge in [-0.2, -0.15) is 0 Å². The summed E-state index contributed by atoms with van der Waals surface area (Å²) in [4.78, 5) is 11.9. The average molecular weight is 354 g/mol. The lowest BCUT2D eigenvalue weighted by atomic mass is 10.2. The third-order valence-electron chi connectivity index (χ3n) is 2.81. The molecule has 0 saturated heterocycles. The Morgan fingerprint density at radius 3 is 2.71 bits per heavy atom. The molecule has 0 aliphatic rings. The summed E-state index contributed by atoms with van der Waals surface area (Å²) in [5, 5.41) is 0. The Morgan fingerprint density at radius 1 is 1.29 bits per heavy atom. The second-order valence-electron chi connectivity index (χ2n) is 4.27. The number of carbonyl (C=O) groups excluding carboxylic acids is 1. The molecule has 2 rings (SSSR count). The van der Waals surface area contributed by atoms with Crippen molar-refractivity contribution >= 4 is 27.6 Å². The molecule has 110 valence electrons. The van der Waals surface area contributed by atoms with Gasteiger partial charge in [-0.05, 0) is 36.4 Å². The van der Waals surface area contributed by atoms with E-state index in [1.54, 1.807) is 12.1 Å². The molecule has 0 unspecified atom stereocenters. The molecular weight excluding hydrogens is 341 g/mol. The van der Waals surface area contributed by atoms with Crippen LogP contribution in [0.3, 0.4) is 0 Å². The lowest BCUT2D eigenvalue weighted by Crippen LogP contribution is -2.08. The molecule has 0 saturated carbocycles. The minimum absolute atomic E-state index is 0.0226. The average Bonchev–Trinajstić information content (AvgIpc) is 2.45. The first-order chi connectivity index (χ1) is 10.0. The zero-order chi connectivity index (χ0) is 15.4. The van der Waals surface area contributed by atoms with E-state index in [4.69, 9.17) is 15.2 Å². The number of halogens is 2. The van der Waals surface area contributed by atoms with Gasteiger partial charge in [0.15, 0.2) is 0 Å². The molecule has 0 spiro atoms. The number of nitrogens with two attached hydrogens (primary N) is 1. The maximum atomic E-state index is 13.6. The van der Waals surface area contributed by atoms with E-state index in [1.165, 1.54) is 19.2 Å². The molecule has 0 aromatic heterocycles. The monoisotopic (exact) mass is 353 g/mol. The zero-order valence-electron chi connectivity index (χ0n) is 11.2. The second kappa shape index (κ2) is 6.58. The second-order valence-corrected chi connectivity index (χ2v) is 5.19. The third-order valence-corrected chi connectivity index (χ3v) is 3.31. The van der Waals surface area contributed by atoms with E-state index < -0.39 is 11.8 Å². The van der Waals surface area contributed by atoms with Crippen LogP contribution in [0.5, 0.6) is 5.75 Å². The fourth-order valence-electron chi connectivity index (χ4n) is 1.78. The van der Waals surface area contributed by atoms with Gasteiger partial charge in [-0.25, -0.2) is 9.18 Å². The van der Waals surface area contributed by atoms with E-state index in [1.807, 2.05) is 6.07 Å². The first-order valence-corrected chi connectivity index (χ1v) is 6.85. The van der Waals surface area contributed by atoms with Crippen molar-refractivity contribution in [2.75, 3.05) is 12.8 Å². The molecule has 21 heavy (non-hydrogen) atoms. The molecule has 0 fully saturated rings. The fraction of sp³-hybridized carbons (Fsp3) is 0.133. The molecule has 0 atom stereocenters. The highest BCUT2D eigenvalue weighted by atomic mass is 79.9. The van der Waals surface area contributed by atoms with Gasteiger partial charge in [0.1, 0.15) is 18.2 Å². The van der Waals surface area contributed by atoms with Crippen molar-refractivity contribution in [2.24, 2.45) is 0 Å². The Hall–Kier alpha value is -2.08. The van der Waals surface area contributed by atoms with Gasteiger partial charge in [0.05, 0.1) is 12.7 Å². The first-order valence-electron chi connectivity index (χ1n) is 6.06. The van der Waals surface area contributed by atoms with Gasteiger partial charge >= 0.3 is 5.97 Å². The summed E-state index contributed by atoms with van der Waals surface area (Å²) in [6.07, 6.45) is 0. The van der Waals surface area contributed by atoms with Crippen molar-refractivity contribution in [1.82, 2.24) is 0 Å². The number of methoxy groups -OCH3 is 1. The van der Waals surface area contributed by atoms with Gasteiger partial charge in [0.2, 0.25) is 0 Å². The van der Waals surface area contributed by atoms with E-state index in [-0.39, 0.29) is 17.9 Å². The molecule has 6 heteroatoms. The van der Waals surface area contributed by atoms with Crippen LogP contribution >= 0.6 is 15.9 Å². The van der Waals surface area contributed by atoms with E-state index in [0.717, 1.165) is 10.5 Å². The van der Waals surface area contributed by atoms with Crippen LogP contribution in [0.4, 0.5) is 10.1 Å². The minimum Gasteiger partial charge on any atom is -0.496 e. The predicted molar refractivity (Wildman–Crippen MR) is 80.6 cm³/mol. The summed E-state index contributed by atoms with van der Waals surface area (Å²) in [5.41, 5.74) is 6.20. The Balaban J connectivity index is 2.12. The lowest BCUT2D eigenvalue weighted by Gasteiger charge is -2.10. The highest BCUT2D eigenvalue weighted by molar-refractivity contribution is 9.10. The van der Waals surface area contributed by atoms with Crippen LogP contribution in [-0.2, 0) is 11.3 Å². The number of esters is 1. The van der Waals surface area contributed by atoms with Crippen molar-refractivity contribution < 1.29 is 18.7 Å². The van der Waals surface area contributed by atoms with Crippen LogP contribution < -0.4 is 10.5 Å². The standard InChI is InChI=1S/C15H13BrFNO3/c1-20-14-5-2-10(16)6-9(14)8-21-15(19)12-4-3-11(18)7-13(12)17/h2-7H,8,18H2,1H3. The van der Waals surface area contributed by atoms with Crippen molar-refractivity contribution in [2.45, 2.75) is 6.61 Å². The molecule has 2 aromatic carbocycles. The molecule has 0 radical (unpaired) electrons. The predicted octanol–water partition coefficient (Wildman–Crippen LogP) is 3.54. The minimum atomic E-state index is -0.755. The quantitative estimate of drug-likeness (QED) is 0.674. The number of rotatable bonds is 4. The Bertz CT molecular complexity index is 676. The molecule has 0 aliphatic heterocycles. The molecule has 2 N–H and O–H groups in total. The van der Waals surface area contributed by atoms with Gasteiger partial charge in [0, 0.05) is 15.7 Å². The number of nitrogen functional groups attached to an aromatic ring is 1. The van der Waals surface area contributed by atoms with Gasteiger partial charge in [-0.1, -0.05) is 15.9 Å². The molecule has 2 aromatic rings. The van der Waals surface area contributed by atoms with E-state index in [2.05, 4.69) is 15.9 Å². The highest BCUT2D eigenvalue weighted by Gasteiger charge is 2.14. The van der Waals surface area contributed by atoms with Crippen LogP contribution in [0.25, 0.3) is 0 Å². The van der Waals surface area contributed by atoms with Crippen molar-refractivity contribution in [3.8, 4) is 5.75 Å². The van der Waals surface area contributed by atoms with E-state index in [9.17, 15) is 9.18 Å². The molecule has 0 aliphatic carbocycles. The fourth-order valence-corrected chi connectivity index (χ4v) is 2.19. The normalized spacial score (nSPS) is 10.2. The molecule has 0 heterocycles. The highest BCUT2D eigenvalue weighted by Crippen LogP contribution is 2.24. The molecule has 0 bridgehead atoms. The van der Waals surface area contributed by atoms with Crippen LogP contribution in [-0.4, -0.2) is 13.1 Å². The number of benzene rings is 2. The number of carbonyl (C=O) groups is 1. The van der Waals surface area contributed by atoms with Crippen molar-refractivity contribution in [3.05, 3.63) is 57.8 Å². The molecular formula is C15H13BrFNO3. The Morgan fingerprint density at radius 2 is 2.05 bits per heavy atom. The summed E-state index contributed by atoms with van der Waals surface area (Å²) < 4.78 is 24.7. The van der Waals surface area contributed by atoms with Crippen LogP contribution in [0.2, 0.25) is 0 Å². The van der Waals surface area contributed by atoms with Gasteiger partial charge < -0.3 is 15.2 Å². The molecule has 4 nitrogen and oxygen atoms in total. The maximum absolute atomic E-state index is 13.6. The summed E-state index contributed by atoms with van der Waals surface area (Å²) >= 11 is 3.33. The smallest absolute Gasteiger partial charge is 0.341 e. The van der Waals surface area contributed by atoms with Gasteiger partial charge in [-0.15, -0.1) is 0 Å². The molecule has 0 amide bonds. The topological polar surface area (TPSA) is 61.5 Å². The van der Waals surface area contributed by atoms with Gasteiger partial charge in [0.25, 0.3) is 0 Å². The Kier molecular flexibility index (Phi) is 4.80. The van der Waals surface area contributed by atoms with Crippen LogP contribution in [0, 0.1) is 5.82 Å². The summed E-state index contributed by atoms with van der Waals surface area (Å²) in [6.45, 7) is -0.0226. The Labute approximate surface area is 129 Å². The van der Waals surface area contributed by atoms with Crippen molar-refractivity contribution in [1.29, 1.82) is 0 Å². The van der Waals surface area contributed by atoms with Crippen molar-refractivity contribution in [3.63, 3.8) is 0 Å². The van der Waals surface area contributed by atoms with E-state index >= 15 is 0 Å². The third kappa shape index (κ3) is 3.72. The lowest BCUT2D eigenvalue weighted by molar-refractivity contribution is 0.0465. The van der Waals surface area contributed by atoms with Crippen LogP contribution in [0.1, 0.15) is 15.9 Å². The summed E-state index contributed by atoms with van der Waals surface area (Å²) in [5.74, 6) is -0.875. The largest absolute Gasteiger partial charge is 0.496 e. The number of hydrogen-bond donors (Lipinski definition) is 1. The first kappa shape index (κ1) is 15.3. The number of hydrogen-bond acceptors (Lipinski definition) is 4.